The molecule has 1 aromatic carbocycles. The van der Waals surface area contributed by atoms with Crippen LogP contribution in [0, 0.1) is 5.92 Å². The molecule has 0 spiro atoms. The van der Waals surface area contributed by atoms with Crippen molar-refractivity contribution in [1.82, 2.24) is 10.2 Å². The quantitative estimate of drug-likeness (QED) is 0.818. The molecule has 1 fully saturated rings. The van der Waals surface area contributed by atoms with Gasteiger partial charge < -0.3 is 9.64 Å². The van der Waals surface area contributed by atoms with Gasteiger partial charge in [-0.25, -0.2) is 0 Å². The normalized spacial score (nSPS) is 16.1. The summed E-state index contributed by atoms with van der Waals surface area (Å²) in [6, 6.07) is 8.49. The molecule has 0 amide bonds. The topological polar surface area (TPSA) is 38.2 Å². The number of aromatic nitrogens is 2. The third-order valence-corrected chi connectivity index (χ3v) is 4.51. The van der Waals surface area contributed by atoms with Gasteiger partial charge in [-0.1, -0.05) is 35.9 Å². The van der Waals surface area contributed by atoms with Gasteiger partial charge in [0, 0.05) is 30.5 Å². The summed E-state index contributed by atoms with van der Waals surface area (Å²) in [4.78, 5) is 2.31. The fraction of sp³-hybridized carbons (Fsp3) is 0.500. The highest BCUT2D eigenvalue weighted by Gasteiger charge is 2.33. The van der Waals surface area contributed by atoms with Crippen LogP contribution in [0.3, 0.4) is 0 Å². The van der Waals surface area contributed by atoms with Crippen LogP contribution in [0.25, 0.3) is 10.8 Å². The first-order valence-electron chi connectivity index (χ1n) is 7.39. The summed E-state index contributed by atoms with van der Waals surface area (Å²) in [7, 11) is 1.73. The maximum Gasteiger partial charge on any atom is 0.159 e. The van der Waals surface area contributed by atoms with Gasteiger partial charge in [0.25, 0.3) is 0 Å². The van der Waals surface area contributed by atoms with Crippen molar-refractivity contribution in [2.24, 2.45) is 5.92 Å². The highest BCUT2D eigenvalue weighted by molar-refractivity contribution is 6.34. The highest BCUT2D eigenvalue weighted by atomic mass is 35.5. The van der Waals surface area contributed by atoms with Crippen molar-refractivity contribution in [1.29, 1.82) is 0 Å². The Kier molecular flexibility index (Phi) is 4.27. The van der Waals surface area contributed by atoms with Crippen molar-refractivity contribution in [3.05, 3.63) is 29.4 Å². The number of hydrogen-bond donors (Lipinski definition) is 0. The lowest BCUT2D eigenvalue weighted by atomic mass is 10.1. The lowest BCUT2D eigenvalue weighted by Gasteiger charge is -2.30. The Labute approximate surface area is 130 Å². The van der Waals surface area contributed by atoms with E-state index in [0.717, 1.165) is 29.1 Å². The van der Waals surface area contributed by atoms with Crippen LogP contribution in [0.15, 0.2) is 24.3 Å². The summed E-state index contributed by atoms with van der Waals surface area (Å²) in [5, 5.41) is 11.0. The number of halogens is 1. The molecule has 112 valence electrons. The van der Waals surface area contributed by atoms with Crippen molar-refractivity contribution in [3.63, 3.8) is 0 Å². The number of rotatable bonds is 6. The van der Waals surface area contributed by atoms with Gasteiger partial charge >= 0.3 is 0 Å². The molecule has 0 aliphatic heterocycles. The second-order valence-corrected chi connectivity index (χ2v) is 5.98. The standard InChI is InChI=1S/C16H20ClN3O/c1-11(12-7-8-12)20(9-10-21-2)16-14-6-4-3-5-13(14)15(17)18-19-16/h3-6,11-12H,7-10H2,1-2H3. The van der Waals surface area contributed by atoms with Gasteiger partial charge in [0.1, 0.15) is 0 Å². The molecule has 1 aliphatic rings. The number of fused-ring (bicyclic) bond motifs is 1. The predicted molar refractivity (Wildman–Crippen MR) is 86.0 cm³/mol. The molecule has 3 rings (SSSR count). The third-order valence-electron chi connectivity index (χ3n) is 4.23. The molecule has 0 saturated heterocycles. The zero-order chi connectivity index (χ0) is 14.8. The van der Waals surface area contributed by atoms with E-state index in [-0.39, 0.29) is 0 Å². The zero-order valence-electron chi connectivity index (χ0n) is 12.4. The maximum absolute atomic E-state index is 6.18. The Morgan fingerprint density at radius 2 is 2.00 bits per heavy atom. The fourth-order valence-electron chi connectivity index (χ4n) is 2.79. The van der Waals surface area contributed by atoms with Crippen molar-refractivity contribution in [3.8, 4) is 0 Å². The minimum Gasteiger partial charge on any atom is -0.383 e. The number of anilines is 1. The molecule has 1 aromatic heterocycles. The van der Waals surface area contributed by atoms with E-state index < -0.39 is 0 Å². The van der Waals surface area contributed by atoms with E-state index in [0.29, 0.717) is 17.8 Å². The van der Waals surface area contributed by atoms with Gasteiger partial charge in [-0.05, 0) is 25.7 Å². The maximum atomic E-state index is 6.18. The van der Waals surface area contributed by atoms with Crippen molar-refractivity contribution in [2.75, 3.05) is 25.2 Å². The second-order valence-electron chi connectivity index (χ2n) is 5.62. The molecule has 2 aromatic rings. The van der Waals surface area contributed by atoms with Crippen molar-refractivity contribution < 1.29 is 4.74 Å². The predicted octanol–water partition coefficient (Wildman–Crippen LogP) is 3.53. The van der Waals surface area contributed by atoms with Crippen LogP contribution < -0.4 is 4.90 Å². The lowest BCUT2D eigenvalue weighted by Crippen LogP contribution is -2.38. The molecule has 1 atom stereocenters. The van der Waals surface area contributed by atoms with E-state index in [1.54, 1.807) is 7.11 Å². The Morgan fingerprint density at radius 1 is 1.29 bits per heavy atom. The minimum absolute atomic E-state index is 0.444. The van der Waals surface area contributed by atoms with E-state index in [2.05, 4.69) is 28.1 Å². The van der Waals surface area contributed by atoms with Crippen LogP contribution in [0.5, 0.6) is 0 Å². The van der Waals surface area contributed by atoms with Gasteiger partial charge in [0.05, 0.1) is 6.61 Å². The smallest absolute Gasteiger partial charge is 0.159 e. The van der Waals surface area contributed by atoms with Crippen molar-refractivity contribution in [2.45, 2.75) is 25.8 Å². The molecule has 1 saturated carbocycles. The van der Waals surface area contributed by atoms with Gasteiger partial charge in [0.2, 0.25) is 0 Å². The van der Waals surface area contributed by atoms with Crippen LogP contribution in [0.1, 0.15) is 19.8 Å². The third kappa shape index (κ3) is 2.97. The zero-order valence-corrected chi connectivity index (χ0v) is 13.2. The SMILES string of the molecule is COCCN(c1nnc(Cl)c2ccccc12)C(C)C1CC1. The molecule has 5 heteroatoms. The van der Waals surface area contributed by atoms with Crippen LogP contribution in [0.2, 0.25) is 5.15 Å². The van der Waals surface area contributed by atoms with E-state index in [1.807, 2.05) is 18.2 Å². The van der Waals surface area contributed by atoms with Gasteiger partial charge in [-0.3, -0.25) is 0 Å². The summed E-state index contributed by atoms with van der Waals surface area (Å²) in [6.45, 7) is 3.75. The van der Waals surface area contributed by atoms with Crippen LogP contribution in [-0.4, -0.2) is 36.5 Å². The molecule has 4 nitrogen and oxygen atoms in total. The Balaban J connectivity index is 2.03. The molecule has 1 heterocycles. The van der Waals surface area contributed by atoms with E-state index in [4.69, 9.17) is 16.3 Å². The van der Waals surface area contributed by atoms with Crippen molar-refractivity contribution >= 4 is 28.2 Å². The van der Waals surface area contributed by atoms with Gasteiger partial charge in [-0.2, -0.15) is 0 Å². The number of benzene rings is 1. The highest BCUT2D eigenvalue weighted by Crippen LogP contribution is 2.38. The van der Waals surface area contributed by atoms with Gasteiger partial charge in [0.15, 0.2) is 11.0 Å². The van der Waals surface area contributed by atoms with E-state index in [9.17, 15) is 0 Å². The second kappa shape index (κ2) is 6.16. The van der Waals surface area contributed by atoms with Gasteiger partial charge in [-0.15, -0.1) is 10.2 Å². The Morgan fingerprint density at radius 3 is 2.67 bits per heavy atom. The summed E-state index contributed by atoms with van der Waals surface area (Å²) >= 11 is 6.18. The number of nitrogens with zero attached hydrogens (tertiary/aromatic N) is 3. The summed E-state index contributed by atoms with van der Waals surface area (Å²) in [5.74, 6) is 1.66. The monoisotopic (exact) mass is 305 g/mol. The van der Waals surface area contributed by atoms with Crippen LogP contribution in [0.4, 0.5) is 5.82 Å². The molecular formula is C16H20ClN3O. The minimum atomic E-state index is 0.444. The molecule has 1 unspecified atom stereocenters. The summed E-state index contributed by atoms with van der Waals surface area (Å²) < 4.78 is 5.26. The molecular weight excluding hydrogens is 286 g/mol. The largest absolute Gasteiger partial charge is 0.383 e. The molecule has 21 heavy (non-hydrogen) atoms. The molecule has 1 aliphatic carbocycles. The molecule has 0 bridgehead atoms. The number of ether oxygens (including phenoxy) is 1. The summed E-state index contributed by atoms with van der Waals surface area (Å²) in [6.07, 6.45) is 2.59. The number of hydrogen-bond acceptors (Lipinski definition) is 4. The number of methoxy groups -OCH3 is 1. The first kappa shape index (κ1) is 14.5. The Bertz CT molecular complexity index is 630. The molecule has 0 N–H and O–H groups in total. The first-order valence-corrected chi connectivity index (χ1v) is 7.76. The van der Waals surface area contributed by atoms with Crippen LogP contribution in [-0.2, 0) is 4.74 Å². The lowest BCUT2D eigenvalue weighted by molar-refractivity contribution is 0.202. The Hall–Kier alpha value is -1.39. The average molecular weight is 306 g/mol. The average Bonchev–Trinajstić information content (AvgIpc) is 3.34. The van der Waals surface area contributed by atoms with E-state index in [1.165, 1.54) is 12.8 Å². The molecule has 0 radical (unpaired) electrons. The van der Waals surface area contributed by atoms with Crippen LogP contribution >= 0.6 is 11.6 Å². The first-order chi connectivity index (χ1) is 10.2. The fourth-order valence-corrected chi connectivity index (χ4v) is 3.00. The van der Waals surface area contributed by atoms with E-state index >= 15 is 0 Å². The summed E-state index contributed by atoms with van der Waals surface area (Å²) in [5.41, 5.74) is 0.